The second kappa shape index (κ2) is 6.24. The van der Waals surface area contributed by atoms with Crippen LogP contribution in [0.2, 0.25) is 18.6 Å². The molecule has 0 aromatic carbocycles. The van der Waals surface area contributed by atoms with Gasteiger partial charge in [0.2, 0.25) is 0 Å². The molecular weight excluding hydrogens is 160 g/mol. The molecule has 0 saturated heterocycles. The third-order valence-electron chi connectivity index (χ3n) is 2.64. The van der Waals surface area contributed by atoms with Crippen LogP contribution in [-0.2, 0) is 0 Å². The van der Waals surface area contributed by atoms with Crippen molar-refractivity contribution in [2.24, 2.45) is 0 Å². The van der Waals surface area contributed by atoms with Gasteiger partial charge in [-0.05, 0) is 13.3 Å². The number of hydrogen-bond acceptors (Lipinski definition) is 0. The minimum Gasteiger partial charge on any atom is -0.0981 e. The van der Waals surface area contributed by atoms with E-state index in [9.17, 15) is 0 Å². The van der Waals surface area contributed by atoms with E-state index < -0.39 is 8.07 Å². The maximum atomic E-state index is 2.49. The molecule has 0 fully saturated rings. The van der Waals surface area contributed by atoms with Crippen LogP contribution < -0.4 is 0 Å². The summed E-state index contributed by atoms with van der Waals surface area (Å²) in [6.45, 7) is 9.16. The van der Waals surface area contributed by atoms with Crippen molar-refractivity contribution >= 4 is 8.07 Å². The van der Waals surface area contributed by atoms with Crippen molar-refractivity contribution in [3.05, 3.63) is 23.9 Å². The van der Waals surface area contributed by atoms with E-state index in [0.717, 1.165) is 6.42 Å². The van der Waals surface area contributed by atoms with Gasteiger partial charge in [0.05, 0.1) is 8.07 Å². The molecule has 0 aliphatic heterocycles. The van der Waals surface area contributed by atoms with Gasteiger partial charge in [-0.25, -0.2) is 0 Å². The molecule has 12 heavy (non-hydrogen) atoms. The zero-order valence-electron chi connectivity index (χ0n) is 8.93. The quantitative estimate of drug-likeness (QED) is 0.442. The minimum absolute atomic E-state index is 0.962. The van der Waals surface area contributed by atoms with Crippen molar-refractivity contribution in [3.63, 3.8) is 0 Å². The maximum absolute atomic E-state index is 2.49. The van der Waals surface area contributed by atoms with Crippen LogP contribution in [0.15, 0.2) is 23.9 Å². The van der Waals surface area contributed by atoms with E-state index in [-0.39, 0.29) is 0 Å². The second-order valence-electron chi connectivity index (χ2n) is 3.57. The van der Waals surface area contributed by atoms with E-state index in [1.807, 2.05) is 0 Å². The largest absolute Gasteiger partial charge is 0.0981 e. The molecule has 0 heterocycles. The van der Waals surface area contributed by atoms with E-state index in [0.29, 0.717) is 0 Å². The standard InChI is InChI=1S/C11H22Si/c1-5-8-9-10-11-12(4,6-2)7-3/h5,8,10-11H,6-7,9H2,1-4H3/b8-5+,11-10+. The van der Waals surface area contributed by atoms with Crippen molar-refractivity contribution in [1.29, 1.82) is 0 Å². The summed E-state index contributed by atoms with van der Waals surface area (Å²) < 4.78 is 0. The van der Waals surface area contributed by atoms with Crippen molar-refractivity contribution in [2.75, 3.05) is 0 Å². The molecule has 0 atom stereocenters. The fourth-order valence-corrected chi connectivity index (χ4v) is 2.73. The predicted octanol–water partition coefficient (Wildman–Crippen LogP) is 4.17. The smallest absolute Gasteiger partial charge is 0.0738 e. The third kappa shape index (κ3) is 4.55. The first-order valence-corrected chi connectivity index (χ1v) is 7.96. The van der Waals surface area contributed by atoms with Crippen LogP contribution in [0.4, 0.5) is 0 Å². The summed E-state index contributed by atoms with van der Waals surface area (Å²) in [6.07, 6.45) is 7.76. The molecule has 70 valence electrons. The van der Waals surface area contributed by atoms with Gasteiger partial charge in [0.1, 0.15) is 0 Å². The summed E-state index contributed by atoms with van der Waals surface area (Å²) in [5.41, 5.74) is 2.49. The molecule has 0 aliphatic rings. The molecular formula is C11H22Si. The average Bonchev–Trinajstić information content (AvgIpc) is 2.12. The molecule has 0 bridgehead atoms. The van der Waals surface area contributed by atoms with Gasteiger partial charge in [-0.3, -0.25) is 0 Å². The number of allylic oxidation sites excluding steroid dienone is 3. The highest BCUT2D eigenvalue weighted by Crippen LogP contribution is 2.16. The van der Waals surface area contributed by atoms with Gasteiger partial charge in [-0.15, -0.1) is 0 Å². The van der Waals surface area contributed by atoms with E-state index in [2.05, 4.69) is 51.2 Å². The highest BCUT2D eigenvalue weighted by Gasteiger charge is 2.17. The Balaban J connectivity index is 3.92. The van der Waals surface area contributed by atoms with Gasteiger partial charge in [0, 0.05) is 0 Å². The highest BCUT2D eigenvalue weighted by molar-refractivity contribution is 6.83. The van der Waals surface area contributed by atoms with Crippen LogP contribution in [0.5, 0.6) is 0 Å². The van der Waals surface area contributed by atoms with Crippen molar-refractivity contribution in [2.45, 2.75) is 45.8 Å². The monoisotopic (exact) mass is 182 g/mol. The molecule has 1 heteroatoms. The van der Waals surface area contributed by atoms with Crippen LogP contribution in [0, 0.1) is 0 Å². The van der Waals surface area contributed by atoms with E-state index >= 15 is 0 Å². The zero-order chi connectivity index (χ0) is 9.45. The Kier molecular flexibility index (Phi) is 6.08. The van der Waals surface area contributed by atoms with Crippen LogP contribution >= 0.6 is 0 Å². The SMILES string of the molecule is C/C=C/C/C=C/[Si](C)(CC)CC. The molecule has 0 spiro atoms. The van der Waals surface area contributed by atoms with Crippen molar-refractivity contribution < 1.29 is 0 Å². The molecule has 0 N–H and O–H groups in total. The first-order valence-electron chi connectivity index (χ1n) is 4.97. The van der Waals surface area contributed by atoms with E-state index in [4.69, 9.17) is 0 Å². The Morgan fingerprint density at radius 3 is 2.08 bits per heavy atom. The van der Waals surface area contributed by atoms with E-state index in [1.54, 1.807) is 0 Å². The van der Waals surface area contributed by atoms with Gasteiger partial charge >= 0.3 is 0 Å². The van der Waals surface area contributed by atoms with Gasteiger partial charge in [-0.1, -0.05) is 56.4 Å². The van der Waals surface area contributed by atoms with Gasteiger partial charge in [-0.2, -0.15) is 0 Å². The normalized spacial score (nSPS) is 13.3. The molecule has 0 rings (SSSR count). The Morgan fingerprint density at radius 2 is 1.67 bits per heavy atom. The molecule has 0 amide bonds. The zero-order valence-corrected chi connectivity index (χ0v) is 9.93. The lowest BCUT2D eigenvalue weighted by Crippen LogP contribution is -2.24. The van der Waals surface area contributed by atoms with Crippen LogP contribution in [0.25, 0.3) is 0 Å². The second-order valence-corrected chi connectivity index (χ2v) is 8.62. The Morgan fingerprint density at radius 1 is 1.08 bits per heavy atom. The van der Waals surface area contributed by atoms with E-state index in [1.165, 1.54) is 12.1 Å². The molecule has 0 aromatic heterocycles. The van der Waals surface area contributed by atoms with Gasteiger partial charge < -0.3 is 0 Å². The molecule has 0 aromatic rings. The fraction of sp³-hybridized carbons (Fsp3) is 0.636. The van der Waals surface area contributed by atoms with Gasteiger partial charge in [0.15, 0.2) is 0 Å². The lowest BCUT2D eigenvalue weighted by molar-refractivity contribution is 1.26. The summed E-state index contributed by atoms with van der Waals surface area (Å²) in [5.74, 6) is 0. The first kappa shape index (κ1) is 11.7. The summed E-state index contributed by atoms with van der Waals surface area (Å²) >= 11 is 0. The molecule has 0 nitrogen and oxygen atoms in total. The summed E-state index contributed by atoms with van der Waals surface area (Å²) in [4.78, 5) is 0. The first-order chi connectivity index (χ1) is 5.68. The Labute approximate surface area is 78.4 Å². The average molecular weight is 182 g/mol. The van der Waals surface area contributed by atoms with Gasteiger partial charge in [0.25, 0.3) is 0 Å². The lowest BCUT2D eigenvalue weighted by Gasteiger charge is -2.18. The Hall–Kier alpha value is -0.303. The molecule has 0 radical (unpaired) electrons. The topological polar surface area (TPSA) is 0 Å². The summed E-state index contributed by atoms with van der Waals surface area (Å²) in [6, 6.07) is 2.74. The lowest BCUT2D eigenvalue weighted by atomic mass is 10.4. The Bertz CT molecular complexity index is 152. The summed E-state index contributed by atoms with van der Waals surface area (Å²) in [7, 11) is -0.962. The van der Waals surface area contributed by atoms with Crippen LogP contribution in [-0.4, -0.2) is 8.07 Å². The third-order valence-corrected chi connectivity index (χ3v) is 6.91. The van der Waals surface area contributed by atoms with Crippen molar-refractivity contribution in [1.82, 2.24) is 0 Å². The minimum atomic E-state index is -0.962. The van der Waals surface area contributed by atoms with Crippen LogP contribution in [0.1, 0.15) is 27.2 Å². The summed E-state index contributed by atoms with van der Waals surface area (Å²) in [5, 5.41) is 0. The van der Waals surface area contributed by atoms with Crippen molar-refractivity contribution in [3.8, 4) is 0 Å². The number of hydrogen-bond donors (Lipinski definition) is 0. The predicted molar refractivity (Wildman–Crippen MR) is 61.2 cm³/mol. The molecule has 0 saturated carbocycles. The van der Waals surface area contributed by atoms with Crippen LogP contribution in [0.3, 0.4) is 0 Å². The highest BCUT2D eigenvalue weighted by atomic mass is 28.3. The number of rotatable bonds is 5. The maximum Gasteiger partial charge on any atom is 0.0738 e. The molecule has 0 aliphatic carbocycles. The molecule has 0 unspecified atom stereocenters. The fourth-order valence-electron chi connectivity index (χ4n) is 1.05.